The molecule has 0 saturated heterocycles. The first-order valence-electron chi connectivity index (χ1n) is 5.71. The molecule has 3 heteroatoms. The van der Waals surface area contributed by atoms with Crippen molar-refractivity contribution in [3.8, 4) is 0 Å². The number of anilines is 1. The molecule has 0 fully saturated rings. The minimum atomic E-state index is 0.0314. The smallest absolute Gasteiger partial charge is 0.0734 e. The zero-order valence-electron chi connectivity index (χ0n) is 10.7. The summed E-state index contributed by atoms with van der Waals surface area (Å²) in [4.78, 5) is 2.26. The van der Waals surface area contributed by atoms with Crippen molar-refractivity contribution >= 4 is 17.5 Å². The summed E-state index contributed by atoms with van der Waals surface area (Å²) in [6, 6.07) is 6.08. The molecule has 0 spiro atoms. The third kappa shape index (κ3) is 1.93. The van der Waals surface area contributed by atoms with Crippen molar-refractivity contribution in [1.29, 1.82) is 0 Å². The van der Waals surface area contributed by atoms with Crippen LogP contribution in [0.5, 0.6) is 0 Å². The van der Waals surface area contributed by atoms with Crippen LogP contribution in [0.2, 0.25) is 0 Å². The van der Waals surface area contributed by atoms with Crippen molar-refractivity contribution in [1.82, 2.24) is 0 Å². The average molecular weight is 230 g/mol. The molecule has 1 aromatic rings. The Morgan fingerprint density at radius 2 is 2.06 bits per heavy atom. The molecule has 0 amide bonds. The Kier molecular flexibility index (Phi) is 2.69. The third-order valence-electron chi connectivity index (χ3n) is 3.45. The second kappa shape index (κ2) is 3.91. The lowest BCUT2D eigenvalue weighted by Crippen LogP contribution is -2.42. The summed E-state index contributed by atoms with van der Waals surface area (Å²) in [6.07, 6.45) is 3.71. The molecule has 0 radical (unpaired) electrons. The van der Waals surface area contributed by atoms with E-state index in [-0.39, 0.29) is 5.54 Å². The van der Waals surface area contributed by atoms with Gasteiger partial charge in [-0.1, -0.05) is 17.3 Å². The summed E-state index contributed by atoms with van der Waals surface area (Å²) in [7, 11) is 2.10. The summed E-state index contributed by atoms with van der Waals surface area (Å²) in [5.74, 6) is 0. The number of oxime groups is 1. The molecule has 0 aromatic heterocycles. The van der Waals surface area contributed by atoms with Crippen molar-refractivity contribution in [3.63, 3.8) is 0 Å². The Labute approximate surface area is 102 Å². The lowest BCUT2D eigenvalue weighted by Gasteiger charge is -2.40. The van der Waals surface area contributed by atoms with Gasteiger partial charge in [0.1, 0.15) is 0 Å². The number of hydrogen-bond acceptors (Lipinski definition) is 3. The molecule has 0 aliphatic carbocycles. The highest BCUT2D eigenvalue weighted by Gasteiger charge is 2.28. The van der Waals surface area contributed by atoms with Crippen LogP contribution >= 0.6 is 0 Å². The van der Waals surface area contributed by atoms with Crippen LogP contribution in [0.15, 0.2) is 29.4 Å². The van der Waals surface area contributed by atoms with Crippen molar-refractivity contribution in [3.05, 3.63) is 35.4 Å². The van der Waals surface area contributed by atoms with E-state index in [1.165, 1.54) is 23.0 Å². The maximum Gasteiger partial charge on any atom is 0.0734 e. The van der Waals surface area contributed by atoms with E-state index in [1.54, 1.807) is 0 Å². The second-order valence-corrected chi connectivity index (χ2v) is 5.06. The summed E-state index contributed by atoms with van der Waals surface area (Å²) in [6.45, 7) is 6.51. The highest BCUT2D eigenvalue weighted by atomic mass is 16.4. The van der Waals surface area contributed by atoms with E-state index in [4.69, 9.17) is 5.21 Å². The second-order valence-electron chi connectivity index (χ2n) is 5.06. The largest absolute Gasteiger partial charge is 0.411 e. The molecule has 17 heavy (non-hydrogen) atoms. The molecule has 0 saturated carbocycles. The molecule has 1 aliphatic heterocycles. The van der Waals surface area contributed by atoms with E-state index in [0.717, 1.165) is 5.56 Å². The Hall–Kier alpha value is -1.77. The number of benzene rings is 1. The lowest BCUT2D eigenvalue weighted by molar-refractivity contribution is 0.322. The first kappa shape index (κ1) is 11.7. The molecule has 2 rings (SSSR count). The Bertz CT molecular complexity index is 501. The van der Waals surface area contributed by atoms with Crippen LogP contribution in [0.1, 0.15) is 31.9 Å². The fourth-order valence-electron chi connectivity index (χ4n) is 2.32. The fraction of sp³-hybridized carbons (Fsp3) is 0.357. The molecular formula is C14H18N2O. The normalized spacial score (nSPS) is 18.1. The van der Waals surface area contributed by atoms with Gasteiger partial charge < -0.3 is 10.1 Å². The van der Waals surface area contributed by atoms with Crippen LogP contribution in [0.4, 0.5) is 5.69 Å². The van der Waals surface area contributed by atoms with Gasteiger partial charge in [-0.05, 0) is 44.0 Å². The van der Waals surface area contributed by atoms with Crippen LogP contribution in [0.25, 0.3) is 5.57 Å². The van der Waals surface area contributed by atoms with Crippen LogP contribution < -0.4 is 4.90 Å². The quantitative estimate of drug-likeness (QED) is 0.457. The van der Waals surface area contributed by atoms with E-state index in [9.17, 15) is 0 Å². The van der Waals surface area contributed by atoms with Gasteiger partial charge in [-0.25, -0.2) is 0 Å². The number of fused-ring (bicyclic) bond motifs is 1. The van der Waals surface area contributed by atoms with Gasteiger partial charge in [-0.3, -0.25) is 0 Å². The van der Waals surface area contributed by atoms with E-state index < -0.39 is 0 Å². The first-order chi connectivity index (χ1) is 7.95. The van der Waals surface area contributed by atoms with Gasteiger partial charge in [0.25, 0.3) is 0 Å². The molecule has 0 unspecified atom stereocenters. The van der Waals surface area contributed by atoms with Crippen LogP contribution in [-0.4, -0.2) is 24.0 Å². The van der Waals surface area contributed by atoms with E-state index in [1.807, 2.05) is 12.1 Å². The van der Waals surface area contributed by atoms with Crippen molar-refractivity contribution in [2.75, 3.05) is 11.9 Å². The molecule has 3 nitrogen and oxygen atoms in total. The van der Waals surface area contributed by atoms with Crippen molar-refractivity contribution < 1.29 is 5.21 Å². The molecular weight excluding hydrogens is 212 g/mol. The fourth-order valence-corrected chi connectivity index (χ4v) is 2.32. The Balaban J connectivity index is 2.57. The minimum Gasteiger partial charge on any atom is -0.411 e. The third-order valence-corrected chi connectivity index (χ3v) is 3.45. The van der Waals surface area contributed by atoms with Gasteiger partial charge in [-0.2, -0.15) is 0 Å². The minimum absolute atomic E-state index is 0.0314. The number of likely N-dealkylation sites (N-methyl/N-ethyl adjacent to an activating group) is 1. The van der Waals surface area contributed by atoms with Crippen molar-refractivity contribution in [2.45, 2.75) is 26.3 Å². The highest BCUT2D eigenvalue weighted by molar-refractivity contribution is 5.87. The van der Waals surface area contributed by atoms with E-state index in [2.05, 4.69) is 50.0 Å². The van der Waals surface area contributed by atoms with Crippen LogP contribution in [0.3, 0.4) is 0 Å². The number of nitrogens with zero attached hydrogens (tertiary/aromatic N) is 2. The lowest BCUT2D eigenvalue weighted by atomic mass is 9.89. The molecule has 90 valence electrons. The molecule has 1 aromatic carbocycles. The number of hydrogen-bond donors (Lipinski definition) is 1. The van der Waals surface area contributed by atoms with Gasteiger partial charge in [0.2, 0.25) is 0 Å². The number of allylic oxidation sites excluding steroid dienone is 1. The molecule has 1 heterocycles. The molecule has 0 atom stereocenters. The van der Waals surface area contributed by atoms with Gasteiger partial charge in [-0.15, -0.1) is 0 Å². The average Bonchev–Trinajstić information content (AvgIpc) is 2.26. The van der Waals surface area contributed by atoms with E-state index in [0.29, 0.717) is 0 Å². The van der Waals surface area contributed by atoms with Gasteiger partial charge >= 0.3 is 0 Å². The Morgan fingerprint density at radius 1 is 1.35 bits per heavy atom. The molecule has 1 N–H and O–H groups in total. The van der Waals surface area contributed by atoms with Crippen molar-refractivity contribution in [2.24, 2.45) is 5.16 Å². The summed E-state index contributed by atoms with van der Waals surface area (Å²) >= 11 is 0. The summed E-state index contributed by atoms with van der Waals surface area (Å²) < 4.78 is 0. The standard InChI is InChI=1S/C14H18N2O/c1-10-8-14(2,3)16(4)13-6-5-11(9-15-17)7-12(10)13/h5-9,17H,1-4H3. The van der Waals surface area contributed by atoms with Gasteiger partial charge in [0.05, 0.1) is 11.8 Å². The Morgan fingerprint density at radius 3 is 2.71 bits per heavy atom. The predicted molar refractivity (Wildman–Crippen MR) is 72.0 cm³/mol. The van der Waals surface area contributed by atoms with Gasteiger partial charge in [0, 0.05) is 18.3 Å². The molecule has 1 aliphatic rings. The topological polar surface area (TPSA) is 35.8 Å². The maximum absolute atomic E-state index is 8.57. The molecule has 0 bridgehead atoms. The zero-order valence-corrected chi connectivity index (χ0v) is 10.7. The van der Waals surface area contributed by atoms with E-state index >= 15 is 0 Å². The number of rotatable bonds is 1. The maximum atomic E-state index is 8.57. The van der Waals surface area contributed by atoms with Crippen LogP contribution in [-0.2, 0) is 0 Å². The zero-order chi connectivity index (χ0) is 12.6. The summed E-state index contributed by atoms with van der Waals surface area (Å²) in [5.41, 5.74) is 4.61. The van der Waals surface area contributed by atoms with Crippen LogP contribution in [0, 0.1) is 0 Å². The highest BCUT2D eigenvalue weighted by Crippen LogP contribution is 2.37. The monoisotopic (exact) mass is 230 g/mol. The summed E-state index contributed by atoms with van der Waals surface area (Å²) in [5, 5.41) is 11.6. The first-order valence-corrected chi connectivity index (χ1v) is 5.71. The van der Waals surface area contributed by atoms with Gasteiger partial charge in [0.15, 0.2) is 0 Å². The SMILES string of the molecule is CC1=CC(C)(C)N(C)c2ccc(C=NO)cc21. The predicted octanol–water partition coefficient (Wildman–Crippen LogP) is 3.13.